The Bertz CT molecular complexity index is 593. The third-order valence-electron chi connectivity index (χ3n) is 2.68. The number of ether oxygens (including phenoxy) is 2. The first-order chi connectivity index (χ1) is 8.53. The summed E-state index contributed by atoms with van der Waals surface area (Å²) in [5.41, 5.74) is 1.93. The lowest BCUT2D eigenvalue weighted by Gasteiger charge is -2.16. The van der Waals surface area contributed by atoms with E-state index in [1.165, 1.54) is 0 Å². The maximum Gasteiger partial charge on any atom is 0.246 e. The van der Waals surface area contributed by atoms with Crippen LogP contribution >= 0.6 is 15.9 Å². The smallest absolute Gasteiger partial charge is 0.246 e. The van der Waals surface area contributed by atoms with Gasteiger partial charge in [0.2, 0.25) is 5.79 Å². The van der Waals surface area contributed by atoms with Crippen LogP contribution in [0.5, 0.6) is 11.5 Å². The van der Waals surface area contributed by atoms with Gasteiger partial charge >= 0.3 is 0 Å². The standard InChI is InChI=1S/C14H12BrNO2/c1-14(2)17-12-6-3-9(7-13(12)18-14)11-5-4-10(15)8-16-11/h3-8H,1-2H3. The van der Waals surface area contributed by atoms with E-state index in [-0.39, 0.29) is 0 Å². The van der Waals surface area contributed by atoms with Crippen molar-refractivity contribution in [1.29, 1.82) is 0 Å². The van der Waals surface area contributed by atoms with Crippen molar-refractivity contribution < 1.29 is 9.47 Å². The van der Waals surface area contributed by atoms with Gasteiger partial charge in [0.15, 0.2) is 11.5 Å². The lowest BCUT2D eigenvalue weighted by Crippen LogP contribution is -2.29. The van der Waals surface area contributed by atoms with Gasteiger partial charge in [-0.05, 0) is 46.3 Å². The second-order valence-electron chi connectivity index (χ2n) is 4.63. The van der Waals surface area contributed by atoms with Crippen molar-refractivity contribution in [3.05, 3.63) is 41.0 Å². The third-order valence-corrected chi connectivity index (χ3v) is 3.15. The lowest BCUT2D eigenvalue weighted by molar-refractivity contribution is -0.0431. The fourth-order valence-corrected chi connectivity index (χ4v) is 2.16. The minimum atomic E-state index is -0.589. The highest BCUT2D eigenvalue weighted by Gasteiger charge is 2.31. The average molecular weight is 306 g/mol. The molecule has 2 heterocycles. The molecule has 2 aromatic rings. The summed E-state index contributed by atoms with van der Waals surface area (Å²) in [4.78, 5) is 4.37. The van der Waals surface area contributed by atoms with Gasteiger partial charge in [-0.1, -0.05) is 0 Å². The highest BCUT2D eigenvalue weighted by atomic mass is 79.9. The van der Waals surface area contributed by atoms with Crippen LogP contribution in [0.3, 0.4) is 0 Å². The number of pyridine rings is 1. The molecule has 0 radical (unpaired) electrons. The van der Waals surface area contributed by atoms with E-state index in [9.17, 15) is 0 Å². The normalized spacial score (nSPS) is 15.7. The minimum absolute atomic E-state index is 0.589. The van der Waals surface area contributed by atoms with E-state index in [4.69, 9.17) is 9.47 Å². The first kappa shape index (κ1) is 11.5. The molecule has 18 heavy (non-hydrogen) atoms. The largest absolute Gasteiger partial charge is 0.449 e. The maximum atomic E-state index is 5.72. The summed E-state index contributed by atoms with van der Waals surface area (Å²) in [6.45, 7) is 3.79. The molecule has 1 aromatic carbocycles. The molecule has 1 aliphatic heterocycles. The summed E-state index contributed by atoms with van der Waals surface area (Å²) < 4.78 is 12.3. The average Bonchev–Trinajstić information content (AvgIpc) is 2.62. The molecular formula is C14H12BrNO2. The molecule has 1 aromatic heterocycles. The number of nitrogens with zero attached hydrogens (tertiary/aromatic N) is 1. The molecule has 0 unspecified atom stereocenters. The summed E-state index contributed by atoms with van der Waals surface area (Å²) in [6, 6.07) is 9.80. The fraction of sp³-hybridized carbons (Fsp3) is 0.214. The van der Waals surface area contributed by atoms with Gasteiger partial charge < -0.3 is 9.47 Å². The van der Waals surface area contributed by atoms with Gasteiger partial charge in [-0.3, -0.25) is 4.98 Å². The molecule has 0 bridgehead atoms. The molecule has 0 saturated heterocycles. The summed E-state index contributed by atoms with van der Waals surface area (Å²) in [5, 5.41) is 0. The van der Waals surface area contributed by atoms with E-state index >= 15 is 0 Å². The molecule has 3 nitrogen and oxygen atoms in total. The van der Waals surface area contributed by atoms with Crippen LogP contribution in [-0.2, 0) is 0 Å². The number of fused-ring (bicyclic) bond motifs is 1. The van der Waals surface area contributed by atoms with Gasteiger partial charge in [0, 0.05) is 30.1 Å². The fourth-order valence-electron chi connectivity index (χ4n) is 1.93. The SMILES string of the molecule is CC1(C)Oc2ccc(-c3ccc(Br)cn3)cc2O1. The highest BCUT2D eigenvalue weighted by molar-refractivity contribution is 9.10. The Labute approximate surface area is 114 Å². The molecule has 0 amide bonds. The zero-order valence-electron chi connectivity index (χ0n) is 10.1. The topological polar surface area (TPSA) is 31.4 Å². The molecule has 1 aliphatic rings. The van der Waals surface area contributed by atoms with Crippen molar-refractivity contribution in [2.75, 3.05) is 0 Å². The number of aromatic nitrogens is 1. The predicted octanol–water partition coefficient (Wildman–Crippen LogP) is 4.02. The zero-order valence-corrected chi connectivity index (χ0v) is 11.7. The van der Waals surface area contributed by atoms with Gasteiger partial charge in [-0.25, -0.2) is 0 Å². The Balaban J connectivity index is 1.99. The summed E-state index contributed by atoms with van der Waals surface area (Å²) in [6.07, 6.45) is 1.78. The quantitative estimate of drug-likeness (QED) is 0.797. The Kier molecular flexibility index (Phi) is 2.55. The number of rotatable bonds is 1. The van der Waals surface area contributed by atoms with Crippen LogP contribution < -0.4 is 9.47 Å². The third kappa shape index (κ3) is 2.08. The minimum Gasteiger partial charge on any atom is -0.449 e. The van der Waals surface area contributed by atoms with Crippen molar-refractivity contribution >= 4 is 15.9 Å². The van der Waals surface area contributed by atoms with E-state index in [0.29, 0.717) is 0 Å². The molecule has 0 aliphatic carbocycles. The first-order valence-corrected chi connectivity index (χ1v) is 6.47. The molecular weight excluding hydrogens is 294 g/mol. The van der Waals surface area contributed by atoms with E-state index < -0.39 is 5.79 Å². The molecule has 3 rings (SSSR count). The summed E-state index contributed by atoms with van der Waals surface area (Å²) >= 11 is 3.38. The molecule has 0 atom stereocenters. The second kappa shape index (κ2) is 3.99. The predicted molar refractivity (Wildman–Crippen MR) is 72.7 cm³/mol. The number of hydrogen-bond donors (Lipinski definition) is 0. The van der Waals surface area contributed by atoms with Crippen molar-refractivity contribution in [1.82, 2.24) is 4.98 Å². The lowest BCUT2D eigenvalue weighted by atomic mass is 10.1. The van der Waals surface area contributed by atoms with Gasteiger partial charge in [0.05, 0.1) is 5.69 Å². The van der Waals surface area contributed by atoms with Gasteiger partial charge in [-0.2, -0.15) is 0 Å². The van der Waals surface area contributed by atoms with Crippen molar-refractivity contribution in [3.63, 3.8) is 0 Å². The molecule has 4 heteroatoms. The van der Waals surface area contributed by atoms with Crippen LogP contribution in [-0.4, -0.2) is 10.8 Å². The summed E-state index contributed by atoms with van der Waals surface area (Å²) in [7, 11) is 0. The van der Waals surface area contributed by atoms with Crippen LogP contribution in [0, 0.1) is 0 Å². The van der Waals surface area contributed by atoms with Gasteiger partial charge in [0.25, 0.3) is 0 Å². The van der Waals surface area contributed by atoms with E-state index in [0.717, 1.165) is 27.2 Å². The Morgan fingerprint density at radius 3 is 2.56 bits per heavy atom. The Morgan fingerprint density at radius 1 is 1.06 bits per heavy atom. The van der Waals surface area contributed by atoms with E-state index in [2.05, 4.69) is 20.9 Å². The Hall–Kier alpha value is -1.55. The highest BCUT2D eigenvalue weighted by Crippen LogP contribution is 2.41. The maximum absolute atomic E-state index is 5.72. The van der Waals surface area contributed by atoms with Gasteiger partial charge in [-0.15, -0.1) is 0 Å². The number of halogens is 1. The van der Waals surface area contributed by atoms with Crippen LogP contribution in [0.4, 0.5) is 0 Å². The molecule has 0 fully saturated rings. The molecule has 0 spiro atoms. The Morgan fingerprint density at radius 2 is 1.83 bits per heavy atom. The molecule has 0 N–H and O–H groups in total. The van der Waals surface area contributed by atoms with E-state index in [1.807, 2.05) is 44.2 Å². The number of hydrogen-bond acceptors (Lipinski definition) is 3. The monoisotopic (exact) mass is 305 g/mol. The number of benzene rings is 1. The van der Waals surface area contributed by atoms with Crippen LogP contribution in [0.15, 0.2) is 41.0 Å². The second-order valence-corrected chi connectivity index (χ2v) is 5.54. The van der Waals surface area contributed by atoms with Crippen LogP contribution in [0.25, 0.3) is 11.3 Å². The zero-order chi connectivity index (χ0) is 12.8. The van der Waals surface area contributed by atoms with E-state index in [1.54, 1.807) is 6.20 Å². The first-order valence-electron chi connectivity index (χ1n) is 5.67. The van der Waals surface area contributed by atoms with Crippen LogP contribution in [0.1, 0.15) is 13.8 Å². The summed E-state index contributed by atoms with van der Waals surface area (Å²) in [5.74, 6) is 0.955. The van der Waals surface area contributed by atoms with Crippen LogP contribution in [0.2, 0.25) is 0 Å². The molecule has 92 valence electrons. The van der Waals surface area contributed by atoms with Crippen molar-refractivity contribution in [3.8, 4) is 22.8 Å². The molecule has 0 saturated carbocycles. The van der Waals surface area contributed by atoms with Crippen molar-refractivity contribution in [2.45, 2.75) is 19.6 Å². The van der Waals surface area contributed by atoms with Crippen molar-refractivity contribution in [2.24, 2.45) is 0 Å². The van der Waals surface area contributed by atoms with Gasteiger partial charge in [0.1, 0.15) is 0 Å².